The highest BCUT2D eigenvalue weighted by Gasteiger charge is 2.19. The first-order valence-corrected chi connectivity index (χ1v) is 7.83. The predicted octanol–water partition coefficient (Wildman–Crippen LogP) is 2.51. The molecule has 1 fully saturated rings. The molecule has 0 aromatic carbocycles. The van der Waals surface area contributed by atoms with E-state index in [2.05, 4.69) is 23.9 Å². The molecule has 0 amide bonds. The number of carbonyl (C=O) groups excluding carboxylic acids is 1. The lowest BCUT2D eigenvalue weighted by Crippen LogP contribution is -2.37. The van der Waals surface area contributed by atoms with Crippen molar-refractivity contribution in [2.75, 3.05) is 40.3 Å². The van der Waals surface area contributed by atoms with Crippen molar-refractivity contribution in [1.29, 1.82) is 0 Å². The molecule has 1 saturated heterocycles. The summed E-state index contributed by atoms with van der Waals surface area (Å²) in [7, 11) is 4.25. The molecule has 0 saturated carbocycles. The largest absolute Gasteiger partial charge is 0.306 e. The fraction of sp³-hybridized carbons (Fsp3) is 0.667. The molecule has 4 heteroatoms. The molecule has 1 aliphatic rings. The quantitative estimate of drug-likeness (QED) is 0.774. The van der Waals surface area contributed by atoms with E-state index in [-0.39, 0.29) is 5.78 Å². The summed E-state index contributed by atoms with van der Waals surface area (Å²) in [6.45, 7) is 6.02. The van der Waals surface area contributed by atoms with E-state index in [1.54, 1.807) is 11.3 Å². The number of hydrogen-bond donors (Lipinski definition) is 0. The molecule has 0 N–H and O–H groups in total. The van der Waals surface area contributed by atoms with Crippen LogP contribution in [0.3, 0.4) is 0 Å². The Kier molecular flexibility index (Phi) is 5.13. The molecule has 0 bridgehead atoms. The molecular formula is C15H24N2OS. The summed E-state index contributed by atoms with van der Waals surface area (Å²) in [4.78, 5) is 18.8. The van der Waals surface area contributed by atoms with E-state index in [1.807, 2.05) is 19.1 Å². The third-order valence-electron chi connectivity index (χ3n) is 3.84. The zero-order valence-corrected chi connectivity index (χ0v) is 13.0. The van der Waals surface area contributed by atoms with E-state index in [4.69, 9.17) is 0 Å². The number of likely N-dealkylation sites (N-methyl/N-ethyl adjacent to an activating group) is 1. The monoisotopic (exact) mass is 280 g/mol. The van der Waals surface area contributed by atoms with Crippen molar-refractivity contribution >= 4 is 17.1 Å². The molecule has 3 nitrogen and oxygen atoms in total. The van der Waals surface area contributed by atoms with Gasteiger partial charge in [0.1, 0.15) is 0 Å². The molecule has 0 atom stereocenters. The third kappa shape index (κ3) is 4.41. The molecule has 0 radical (unpaired) electrons. The van der Waals surface area contributed by atoms with Gasteiger partial charge in [0.2, 0.25) is 0 Å². The molecule has 106 valence electrons. The number of carbonyl (C=O) groups is 1. The highest BCUT2D eigenvalue weighted by atomic mass is 32.1. The molecule has 0 aliphatic carbocycles. The Morgan fingerprint density at radius 3 is 2.68 bits per heavy atom. The van der Waals surface area contributed by atoms with Gasteiger partial charge in [-0.05, 0) is 65.0 Å². The summed E-state index contributed by atoms with van der Waals surface area (Å²) in [5, 5.41) is 0. The average molecular weight is 280 g/mol. The Morgan fingerprint density at radius 2 is 2.11 bits per heavy atom. The van der Waals surface area contributed by atoms with E-state index in [0.717, 1.165) is 17.3 Å². The number of rotatable bonds is 5. The summed E-state index contributed by atoms with van der Waals surface area (Å²) in [5.41, 5.74) is 0. The van der Waals surface area contributed by atoms with Crippen LogP contribution in [0.1, 0.15) is 27.4 Å². The van der Waals surface area contributed by atoms with Gasteiger partial charge in [0, 0.05) is 11.4 Å². The smallest absolute Gasteiger partial charge is 0.186 e. The van der Waals surface area contributed by atoms with Crippen molar-refractivity contribution < 1.29 is 4.79 Å². The molecule has 0 unspecified atom stereocenters. The molecular weight excluding hydrogens is 256 g/mol. The lowest BCUT2D eigenvalue weighted by atomic mass is 9.96. The Balaban J connectivity index is 1.78. The standard InChI is InChI=1S/C15H24N2OS/c1-12-4-5-15(19-12)14(18)11-17(3)10-13-6-8-16(2)9-7-13/h4-5,13H,6-11H2,1-3H3. The van der Waals surface area contributed by atoms with Gasteiger partial charge in [-0.3, -0.25) is 9.69 Å². The third-order valence-corrected chi connectivity index (χ3v) is 4.88. The lowest BCUT2D eigenvalue weighted by Gasteiger charge is -2.31. The SMILES string of the molecule is Cc1ccc(C(=O)CN(C)CC2CCN(C)CC2)s1. The maximum Gasteiger partial charge on any atom is 0.186 e. The van der Waals surface area contributed by atoms with Gasteiger partial charge in [0.25, 0.3) is 0 Å². The zero-order valence-electron chi connectivity index (χ0n) is 12.2. The van der Waals surface area contributed by atoms with Crippen molar-refractivity contribution in [3.05, 3.63) is 21.9 Å². The van der Waals surface area contributed by atoms with Gasteiger partial charge in [-0.1, -0.05) is 0 Å². The topological polar surface area (TPSA) is 23.6 Å². The van der Waals surface area contributed by atoms with E-state index >= 15 is 0 Å². The van der Waals surface area contributed by atoms with E-state index in [9.17, 15) is 4.79 Å². The minimum absolute atomic E-state index is 0.258. The molecule has 0 spiro atoms. The number of thiophene rings is 1. The second kappa shape index (κ2) is 6.64. The van der Waals surface area contributed by atoms with E-state index < -0.39 is 0 Å². The number of Topliss-reactive ketones (excluding diaryl/α,β-unsaturated/α-hetero) is 1. The summed E-state index contributed by atoms with van der Waals surface area (Å²) >= 11 is 1.60. The average Bonchev–Trinajstić information content (AvgIpc) is 2.79. The molecule has 2 rings (SSSR count). The minimum Gasteiger partial charge on any atom is -0.306 e. The first kappa shape index (κ1) is 14.7. The van der Waals surface area contributed by atoms with Crippen LogP contribution in [0, 0.1) is 12.8 Å². The number of likely N-dealkylation sites (tertiary alicyclic amines) is 1. The van der Waals surface area contributed by atoms with Gasteiger partial charge in [-0.2, -0.15) is 0 Å². The number of nitrogens with zero attached hydrogens (tertiary/aromatic N) is 2. The highest BCUT2D eigenvalue weighted by molar-refractivity contribution is 7.14. The summed E-state index contributed by atoms with van der Waals surface area (Å²) in [6.07, 6.45) is 2.51. The second-order valence-corrected chi connectivity index (χ2v) is 7.06. The van der Waals surface area contributed by atoms with Crippen LogP contribution in [0.25, 0.3) is 0 Å². The van der Waals surface area contributed by atoms with Gasteiger partial charge in [-0.15, -0.1) is 11.3 Å². The second-order valence-electron chi connectivity index (χ2n) is 5.78. The lowest BCUT2D eigenvalue weighted by molar-refractivity contribution is 0.0928. The normalized spacial score (nSPS) is 18.1. The van der Waals surface area contributed by atoms with Crippen LogP contribution in [-0.4, -0.2) is 55.9 Å². The zero-order chi connectivity index (χ0) is 13.8. The summed E-state index contributed by atoms with van der Waals surface area (Å²) in [6, 6.07) is 3.97. The predicted molar refractivity (Wildman–Crippen MR) is 81.1 cm³/mol. The number of hydrogen-bond acceptors (Lipinski definition) is 4. The van der Waals surface area contributed by atoms with Crippen LogP contribution in [0.15, 0.2) is 12.1 Å². The van der Waals surface area contributed by atoms with Gasteiger partial charge in [-0.25, -0.2) is 0 Å². The van der Waals surface area contributed by atoms with Crippen molar-refractivity contribution in [2.45, 2.75) is 19.8 Å². The Hall–Kier alpha value is -0.710. The Morgan fingerprint density at radius 1 is 1.42 bits per heavy atom. The van der Waals surface area contributed by atoms with Crippen molar-refractivity contribution in [1.82, 2.24) is 9.80 Å². The van der Waals surface area contributed by atoms with E-state index in [1.165, 1.54) is 30.8 Å². The van der Waals surface area contributed by atoms with Crippen LogP contribution >= 0.6 is 11.3 Å². The summed E-state index contributed by atoms with van der Waals surface area (Å²) in [5.74, 6) is 1.01. The fourth-order valence-corrected chi connectivity index (χ4v) is 3.45. The number of ketones is 1. The maximum absolute atomic E-state index is 12.1. The first-order valence-electron chi connectivity index (χ1n) is 7.01. The molecule has 19 heavy (non-hydrogen) atoms. The van der Waals surface area contributed by atoms with Gasteiger partial charge < -0.3 is 4.90 Å². The number of piperidine rings is 1. The first-order chi connectivity index (χ1) is 9.04. The van der Waals surface area contributed by atoms with Crippen molar-refractivity contribution in [3.8, 4) is 0 Å². The Labute approximate surface area is 120 Å². The fourth-order valence-electron chi connectivity index (χ4n) is 2.66. The van der Waals surface area contributed by atoms with E-state index in [0.29, 0.717) is 6.54 Å². The van der Waals surface area contributed by atoms with Crippen molar-refractivity contribution in [2.24, 2.45) is 5.92 Å². The minimum atomic E-state index is 0.258. The van der Waals surface area contributed by atoms with Crippen LogP contribution in [0.5, 0.6) is 0 Å². The maximum atomic E-state index is 12.1. The van der Waals surface area contributed by atoms with Crippen LogP contribution in [-0.2, 0) is 0 Å². The van der Waals surface area contributed by atoms with Crippen molar-refractivity contribution in [3.63, 3.8) is 0 Å². The van der Waals surface area contributed by atoms with Gasteiger partial charge in [0.15, 0.2) is 5.78 Å². The molecule has 1 aliphatic heterocycles. The molecule has 1 aromatic heterocycles. The van der Waals surface area contributed by atoms with Gasteiger partial charge in [0.05, 0.1) is 11.4 Å². The van der Waals surface area contributed by atoms with Crippen LogP contribution in [0.4, 0.5) is 0 Å². The number of aryl methyl sites for hydroxylation is 1. The van der Waals surface area contributed by atoms with Crippen LogP contribution in [0.2, 0.25) is 0 Å². The molecule has 2 heterocycles. The molecule has 1 aromatic rings. The van der Waals surface area contributed by atoms with Crippen LogP contribution < -0.4 is 0 Å². The Bertz CT molecular complexity index is 422. The van der Waals surface area contributed by atoms with Gasteiger partial charge >= 0.3 is 0 Å². The summed E-state index contributed by atoms with van der Waals surface area (Å²) < 4.78 is 0. The highest BCUT2D eigenvalue weighted by Crippen LogP contribution is 2.18.